The van der Waals surface area contributed by atoms with Crippen molar-refractivity contribution in [1.29, 1.82) is 0 Å². The Balaban J connectivity index is 1.53. The van der Waals surface area contributed by atoms with Crippen molar-refractivity contribution >= 4 is 11.9 Å². The van der Waals surface area contributed by atoms with Gasteiger partial charge in [-0.1, -0.05) is 0 Å². The van der Waals surface area contributed by atoms with E-state index in [1.807, 2.05) is 0 Å². The van der Waals surface area contributed by atoms with Crippen LogP contribution in [0.5, 0.6) is 0 Å². The maximum atomic E-state index is 12.8. The largest absolute Gasteiger partial charge is 0.469 e. The molecule has 122 valence electrons. The zero-order valence-corrected chi connectivity index (χ0v) is 13.3. The summed E-state index contributed by atoms with van der Waals surface area (Å²) in [5.41, 5.74) is 5.38. The van der Waals surface area contributed by atoms with Crippen LogP contribution in [0, 0.1) is 29.1 Å². The highest BCUT2D eigenvalue weighted by molar-refractivity contribution is 5.83. The molecule has 2 atom stereocenters. The van der Waals surface area contributed by atoms with Crippen molar-refractivity contribution < 1.29 is 14.3 Å². The summed E-state index contributed by atoms with van der Waals surface area (Å²) >= 11 is 0. The number of amides is 1. The molecule has 3 N–H and O–H groups in total. The van der Waals surface area contributed by atoms with E-state index in [-0.39, 0.29) is 28.7 Å². The summed E-state index contributed by atoms with van der Waals surface area (Å²) in [4.78, 5) is 25.1. The number of hydrogen-bond acceptors (Lipinski definition) is 4. The van der Waals surface area contributed by atoms with Crippen LogP contribution in [0.25, 0.3) is 0 Å². The molecule has 5 aliphatic rings. The molecule has 0 heterocycles. The Bertz CT molecular complexity index is 498. The average Bonchev–Trinajstić information content (AvgIpc) is 3.25. The van der Waals surface area contributed by atoms with Gasteiger partial charge in [0.15, 0.2) is 0 Å². The first kappa shape index (κ1) is 14.5. The molecule has 5 rings (SSSR count). The molecule has 0 aliphatic heterocycles. The molecule has 5 aliphatic carbocycles. The SMILES string of the molecule is COC(=O)C12CC3CC(C1)C(C(=O)NC1(CN)CC1)C(C3)C2. The standard InChI is InChI=1S/C17H26N2O3/c1-22-15(21)16-6-10-4-11(7-16)13(12(5-10)8-16)14(20)19-17(9-18)2-3-17/h10-13H,2-9,18H2,1H3,(H,19,20). The van der Waals surface area contributed by atoms with Crippen molar-refractivity contribution in [3.05, 3.63) is 0 Å². The lowest BCUT2D eigenvalue weighted by Gasteiger charge is -2.58. The summed E-state index contributed by atoms with van der Waals surface area (Å²) in [7, 11) is 1.49. The number of ether oxygens (including phenoxy) is 1. The molecular formula is C17H26N2O3. The zero-order valence-electron chi connectivity index (χ0n) is 13.3. The lowest BCUT2D eigenvalue weighted by atomic mass is 9.46. The van der Waals surface area contributed by atoms with Gasteiger partial charge in [-0.05, 0) is 62.7 Å². The van der Waals surface area contributed by atoms with Gasteiger partial charge in [-0.2, -0.15) is 0 Å². The van der Waals surface area contributed by atoms with E-state index in [9.17, 15) is 9.59 Å². The van der Waals surface area contributed by atoms with Crippen LogP contribution in [0.2, 0.25) is 0 Å². The van der Waals surface area contributed by atoms with Crippen LogP contribution in [0.3, 0.4) is 0 Å². The molecule has 4 bridgehead atoms. The first-order chi connectivity index (χ1) is 10.5. The molecule has 5 saturated carbocycles. The number of carbonyl (C=O) groups is 2. The minimum atomic E-state index is -0.298. The van der Waals surface area contributed by atoms with Gasteiger partial charge in [-0.3, -0.25) is 9.59 Å². The summed E-state index contributed by atoms with van der Waals surface area (Å²) < 4.78 is 5.08. The molecule has 5 heteroatoms. The van der Waals surface area contributed by atoms with E-state index in [0.29, 0.717) is 24.3 Å². The fourth-order valence-corrected chi connectivity index (χ4v) is 5.79. The second-order valence-electron chi connectivity index (χ2n) is 8.24. The van der Waals surface area contributed by atoms with Crippen molar-refractivity contribution in [3.8, 4) is 0 Å². The zero-order chi connectivity index (χ0) is 15.5. The van der Waals surface area contributed by atoms with Crippen LogP contribution >= 0.6 is 0 Å². The van der Waals surface area contributed by atoms with Crippen molar-refractivity contribution in [2.24, 2.45) is 34.8 Å². The Morgan fingerprint density at radius 1 is 1.18 bits per heavy atom. The van der Waals surface area contributed by atoms with E-state index in [4.69, 9.17) is 10.5 Å². The van der Waals surface area contributed by atoms with Gasteiger partial charge in [0.2, 0.25) is 5.91 Å². The summed E-state index contributed by atoms with van der Waals surface area (Å²) in [6.07, 6.45) is 6.85. The van der Waals surface area contributed by atoms with Crippen LogP contribution in [-0.2, 0) is 14.3 Å². The second kappa shape index (κ2) is 4.70. The van der Waals surface area contributed by atoms with Gasteiger partial charge in [0.05, 0.1) is 18.1 Å². The Hall–Kier alpha value is -1.10. The number of carbonyl (C=O) groups excluding carboxylic acids is 2. The first-order valence-corrected chi connectivity index (χ1v) is 8.61. The molecule has 0 aromatic heterocycles. The van der Waals surface area contributed by atoms with Crippen LogP contribution < -0.4 is 11.1 Å². The number of esters is 1. The molecule has 22 heavy (non-hydrogen) atoms. The summed E-state index contributed by atoms with van der Waals surface area (Å²) in [5, 5.41) is 3.22. The van der Waals surface area contributed by atoms with E-state index < -0.39 is 0 Å². The maximum Gasteiger partial charge on any atom is 0.311 e. The monoisotopic (exact) mass is 306 g/mol. The minimum Gasteiger partial charge on any atom is -0.469 e. The van der Waals surface area contributed by atoms with Gasteiger partial charge in [0, 0.05) is 12.5 Å². The van der Waals surface area contributed by atoms with E-state index >= 15 is 0 Å². The van der Waals surface area contributed by atoms with Crippen molar-refractivity contribution in [3.63, 3.8) is 0 Å². The predicted octanol–water partition coefficient (Wildman–Crippen LogP) is 1.21. The third-order valence-corrected chi connectivity index (χ3v) is 6.83. The van der Waals surface area contributed by atoms with E-state index in [2.05, 4.69) is 5.32 Å². The number of methoxy groups -OCH3 is 1. The summed E-state index contributed by atoms with van der Waals surface area (Å²) in [6, 6.07) is 0. The van der Waals surface area contributed by atoms with Gasteiger partial charge in [-0.15, -0.1) is 0 Å². The van der Waals surface area contributed by atoms with Crippen molar-refractivity contribution in [2.45, 2.75) is 50.5 Å². The number of hydrogen-bond donors (Lipinski definition) is 2. The lowest BCUT2D eigenvalue weighted by molar-refractivity contribution is -0.177. The van der Waals surface area contributed by atoms with Crippen molar-refractivity contribution in [1.82, 2.24) is 5.32 Å². The highest BCUT2D eigenvalue weighted by Crippen LogP contribution is 2.62. The molecular weight excluding hydrogens is 280 g/mol. The number of rotatable bonds is 4. The molecule has 0 spiro atoms. The molecule has 5 fully saturated rings. The van der Waals surface area contributed by atoms with Crippen LogP contribution in [0.15, 0.2) is 0 Å². The molecule has 2 unspecified atom stereocenters. The van der Waals surface area contributed by atoms with Crippen LogP contribution in [0.1, 0.15) is 44.9 Å². The third-order valence-electron chi connectivity index (χ3n) is 6.83. The molecule has 0 saturated heterocycles. The Kier molecular flexibility index (Phi) is 3.09. The van der Waals surface area contributed by atoms with Gasteiger partial charge in [-0.25, -0.2) is 0 Å². The third kappa shape index (κ3) is 2.01. The molecule has 5 nitrogen and oxygen atoms in total. The normalized spacial score (nSPS) is 43.7. The highest BCUT2D eigenvalue weighted by atomic mass is 16.5. The number of nitrogens with two attached hydrogens (primary N) is 1. The van der Waals surface area contributed by atoms with Crippen LogP contribution in [0.4, 0.5) is 0 Å². The van der Waals surface area contributed by atoms with Gasteiger partial charge in [0.25, 0.3) is 0 Å². The van der Waals surface area contributed by atoms with Gasteiger partial charge in [0.1, 0.15) is 0 Å². The highest BCUT2D eigenvalue weighted by Gasteiger charge is 2.61. The fraction of sp³-hybridized carbons (Fsp3) is 0.882. The van der Waals surface area contributed by atoms with Crippen molar-refractivity contribution in [2.75, 3.05) is 13.7 Å². The van der Waals surface area contributed by atoms with E-state index in [1.54, 1.807) is 0 Å². The molecule has 0 aromatic rings. The van der Waals surface area contributed by atoms with Gasteiger partial charge < -0.3 is 15.8 Å². The Morgan fingerprint density at radius 2 is 1.82 bits per heavy atom. The van der Waals surface area contributed by atoms with E-state index in [1.165, 1.54) is 7.11 Å². The van der Waals surface area contributed by atoms with Crippen LogP contribution in [-0.4, -0.2) is 31.1 Å². The smallest absolute Gasteiger partial charge is 0.311 e. The lowest BCUT2D eigenvalue weighted by Crippen LogP contribution is -2.59. The fourth-order valence-electron chi connectivity index (χ4n) is 5.79. The summed E-state index contributed by atoms with van der Waals surface area (Å²) in [6.45, 7) is 0.537. The first-order valence-electron chi connectivity index (χ1n) is 8.61. The minimum absolute atomic E-state index is 0.0496. The van der Waals surface area contributed by atoms with Gasteiger partial charge >= 0.3 is 5.97 Å². The average molecular weight is 306 g/mol. The maximum absolute atomic E-state index is 12.8. The predicted molar refractivity (Wildman–Crippen MR) is 80.7 cm³/mol. The Labute approximate surface area is 131 Å². The molecule has 0 radical (unpaired) electrons. The number of nitrogens with one attached hydrogen (secondary N) is 1. The quantitative estimate of drug-likeness (QED) is 0.765. The topological polar surface area (TPSA) is 81.4 Å². The summed E-state index contributed by atoms with van der Waals surface area (Å²) in [5.74, 6) is 1.52. The second-order valence-corrected chi connectivity index (χ2v) is 8.24. The molecule has 0 aromatic carbocycles. The Morgan fingerprint density at radius 3 is 2.32 bits per heavy atom. The molecule has 1 amide bonds. The van der Waals surface area contributed by atoms with E-state index in [0.717, 1.165) is 44.9 Å².